The third-order valence-electron chi connectivity index (χ3n) is 2.43. The topological polar surface area (TPSA) is 27.3 Å². The summed E-state index contributed by atoms with van der Waals surface area (Å²) in [4.78, 5) is 2.36. The normalized spacial score (nSPS) is 19.4. The van der Waals surface area contributed by atoms with Crippen molar-refractivity contribution in [1.29, 1.82) is 0 Å². The molecule has 1 saturated heterocycles. The van der Waals surface area contributed by atoms with Crippen molar-refractivity contribution in [1.82, 2.24) is 15.5 Å². The minimum atomic E-state index is 0.608. The number of likely N-dealkylation sites (tertiary alicyclic amines) is 1. The Labute approximate surface area is 81.9 Å². The average molecular weight is 185 g/mol. The molecule has 0 aliphatic carbocycles. The quantitative estimate of drug-likeness (QED) is 0.576. The summed E-state index contributed by atoms with van der Waals surface area (Å²) in [6.45, 7) is 10.3. The van der Waals surface area contributed by atoms with E-state index in [9.17, 15) is 0 Å². The molecule has 0 amide bonds. The first-order valence-corrected chi connectivity index (χ1v) is 5.31. The number of hydrogen-bond donors (Lipinski definition) is 2. The van der Waals surface area contributed by atoms with Gasteiger partial charge in [-0.25, -0.2) is 0 Å². The molecule has 78 valence electrons. The van der Waals surface area contributed by atoms with Crippen molar-refractivity contribution >= 4 is 0 Å². The summed E-state index contributed by atoms with van der Waals surface area (Å²) in [7, 11) is 2.18. The molecule has 1 aliphatic heterocycles. The fourth-order valence-electron chi connectivity index (χ4n) is 1.71. The van der Waals surface area contributed by atoms with Crippen LogP contribution in [-0.2, 0) is 0 Å². The van der Waals surface area contributed by atoms with Gasteiger partial charge >= 0.3 is 0 Å². The van der Waals surface area contributed by atoms with Gasteiger partial charge in [0.05, 0.1) is 0 Å². The van der Waals surface area contributed by atoms with Gasteiger partial charge in [-0.1, -0.05) is 13.8 Å². The van der Waals surface area contributed by atoms with Crippen LogP contribution in [-0.4, -0.2) is 50.7 Å². The molecule has 0 aromatic rings. The lowest BCUT2D eigenvalue weighted by atomic mass is 10.0. The fourth-order valence-corrected chi connectivity index (χ4v) is 1.71. The number of nitrogens with zero attached hydrogens (tertiary/aromatic N) is 1. The second kappa shape index (κ2) is 5.58. The number of hydrogen-bond acceptors (Lipinski definition) is 3. The summed E-state index contributed by atoms with van der Waals surface area (Å²) >= 11 is 0. The second-order valence-electron chi connectivity index (χ2n) is 4.40. The molecule has 0 radical (unpaired) electrons. The standard InChI is InChI=1S/C10H23N3/c1-9(2)12-5-4-11-6-10-7-13(3)8-10/h9-12H,4-8H2,1-3H3. The van der Waals surface area contributed by atoms with Gasteiger partial charge in [0.25, 0.3) is 0 Å². The van der Waals surface area contributed by atoms with Crippen molar-refractivity contribution in [2.24, 2.45) is 5.92 Å². The second-order valence-corrected chi connectivity index (χ2v) is 4.40. The van der Waals surface area contributed by atoms with Crippen LogP contribution in [0.1, 0.15) is 13.8 Å². The van der Waals surface area contributed by atoms with Crippen LogP contribution in [0.15, 0.2) is 0 Å². The van der Waals surface area contributed by atoms with Crippen LogP contribution in [0.3, 0.4) is 0 Å². The van der Waals surface area contributed by atoms with Crippen LogP contribution in [0.4, 0.5) is 0 Å². The van der Waals surface area contributed by atoms with Crippen LogP contribution < -0.4 is 10.6 Å². The van der Waals surface area contributed by atoms with Crippen LogP contribution in [0.2, 0.25) is 0 Å². The summed E-state index contributed by atoms with van der Waals surface area (Å²) in [6, 6.07) is 0.608. The van der Waals surface area contributed by atoms with E-state index in [2.05, 4.69) is 36.4 Å². The number of nitrogens with one attached hydrogen (secondary N) is 2. The Kier molecular flexibility index (Phi) is 4.70. The lowest BCUT2D eigenvalue weighted by Gasteiger charge is -2.36. The fraction of sp³-hybridized carbons (Fsp3) is 1.00. The van der Waals surface area contributed by atoms with Crippen molar-refractivity contribution in [3.05, 3.63) is 0 Å². The van der Waals surface area contributed by atoms with E-state index in [1.165, 1.54) is 19.6 Å². The molecule has 2 N–H and O–H groups in total. The molecule has 0 spiro atoms. The van der Waals surface area contributed by atoms with E-state index in [0.717, 1.165) is 19.0 Å². The lowest BCUT2D eigenvalue weighted by Crippen LogP contribution is -2.49. The Morgan fingerprint density at radius 3 is 2.54 bits per heavy atom. The maximum absolute atomic E-state index is 3.47. The molecule has 0 aromatic heterocycles. The zero-order valence-corrected chi connectivity index (χ0v) is 9.14. The summed E-state index contributed by atoms with van der Waals surface area (Å²) in [6.07, 6.45) is 0. The minimum Gasteiger partial charge on any atom is -0.315 e. The smallest absolute Gasteiger partial charge is 0.00790 e. The van der Waals surface area contributed by atoms with E-state index in [1.807, 2.05) is 0 Å². The van der Waals surface area contributed by atoms with Crippen LogP contribution in [0.25, 0.3) is 0 Å². The summed E-state index contributed by atoms with van der Waals surface area (Å²) in [5.74, 6) is 0.893. The monoisotopic (exact) mass is 185 g/mol. The highest BCUT2D eigenvalue weighted by Crippen LogP contribution is 2.10. The molecule has 0 aromatic carbocycles. The van der Waals surface area contributed by atoms with E-state index in [1.54, 1.807) is 0 Å². The molecule has 1 aliphatic rings. The highest BCUT2D eigenvalue weighted by Gasteiger charge is 2.21. The molecule has 13 heavy (non-hydrogen) atoms. The first kappa shape index (κ1) is 11.0. The molecule has 3 nitrogen and oxygen atoms in total. The minimum absolute atomic E-state index is 0.608. The van der Waals surface area contributed by atoms with Crippen molar-refractivity contribution < 1.29 is 0 Å². The highest BCUT2D eigenvalue weighted by atomic mass is 15.2. The molecule has 3 heteroatoms. The van der Waals surface area contributed by atoms with Crippen LogP contribution >= 0.6 is 0 Å². The maximum Gasteiger partial charge on any atom is 0.00790 e. The molecular formula is C10H23N3. The lowest BCUT2D eigenvalue weighted by molar-refractivity contribution is 0.133. The Morgan fingerprint density at radius 1 is 1.31 bits per heavy atom. The van der Waals surface area contributed by atoms with Crippen molar-refractivity contribution in [2.75, 3.05) is 39.8 Å². The average Bonchev–Trinajstić information content (AvgIpc) is 1.99. The van der Waals surface area contributed by atoms with E-state index in [0.29, 0.717) is 6.04 Å². The highest BCUT2D eigenvalue weighted by molar-refractivity contribution is 4.78. The van der Waals surface area contributed by atoms with Gasteiger partial charge in [-0.3, -0.25) is 0 Å². The molecule has 0 atom stereocenters. The first-order valence-electron chi connectivity index (χ1n) is 5.31. The predicted octanol–water partition coefficient (Wildman–Crippen LogP) is 0.136. The van der Waals surface area contributed by atoms with Gasteiger partial charge in [-0.15, -0.1) is 0 Å². The van der Waals surface area contributed by atoms with E-state index in [4.69, 9.17) is 0 Å². The van der Waals surface area contributed by atoms with Gasteiger partial charge in [0.2, 0.25) is 0 Å². The van der Waals surface area contributed by atoms with E-state index < -0.39 is 0 Å². The largest absolute Gasteiger partial charge is 0.315 e. The van der Waals surface area contributed by atoms with Gasteiger partial charge in [0.15, 0.2) is 0 Å². The molecule has 1 rings (SSSR count). The Hall–Kier alpha value is -0.120. The summed E-state index contributed by atoms with van der Waals surface area (Å²) < 4.78 is 0. The molecule has 1 heterocycles. The Bertz CT molecular complexity index is 130. The van der Waals surface area contributed by atoms with Gasteiger partial charge in [-0.05, 0) is 13.0 Å². The third kappa shape index (κ3) is 4.60. The van der Waals surface area contributed by atoms with Crippen LogP contribution in [0, 0.1) is 5.92 Å². The predicted molar refractivity (Wildman–Crippen MR) is 57.0 cm³/mol. The summed E-state index contributed by atoms with van der Waals surface area (Å²) in [5.41, 5.74) is 0. The first-order chi connectivity index (χ1) is 6.18. The van der Waals surface area contributed by atoms with Gasteiger partial charge in [0.1, 0.15) is 0 Å². The number of rotatable bonds is 6. The molecular weight excluding hydrogens is 162 g/mol. The summed E-state index contributed by atoms with van der Waals surface area (Å²) in [5, 5.41) is 6.87. The van der Waals surface area contributed by atoms with Crippen molar-refractivity contribution in [3.8, 4) is 0 Å². The molecule has 0 unspecified atom stereocenters. The Morgan fingerprint density at radius 2 is 2.00 bits per heavy atom. The van der Waals surface area contributed by atoms with E-state index >= 15 is 0 Å². The molecule has 1 fully saturated rings. The van der Waals surface area contributed by atoms with Crippen LogP contribution in [0.5, 0.6) is 0 Å². The van der Waals surface area contributed by atoms with Gasteiger partial charge in [-0.2, -0.15) is 0 Å². The third-order valence-corrected chi connectivity index (χ3v) is 2.43. The SMILES string of the molecule is CC(C)NCCNCC1CN(C)C1. The molecule has 0 bridgehead atoms. The maximum atomic E-state index is 3.47. The Balaban J connectivity index is 1.79. The van der Waals surface area contributed by atoms with Gasteiger partial charge < -0.3 is 15.5 Å². The van der Waals surface area contributed by atoms with Crippen molar-refractivity contribution in [3.63, 3.8) is 0 Å². The van der Waals surface area contributed by atoms with Crippen molar-refractivity contribution in [2.45, 2.75) is 19.9 Å². The zero-order valence-electron chi connectivity index (χ0n) is 9.14. The van der Waals surface area contributed by atoms with E-state index in [-0.39, 0.29) is 0 Å². The zero-order chi connectivity index (χ0) is 9.68. The van der Waals surface area contributed by atoms with Gasteiger partial charge in [0, 0.05) is 38.8 Å². The molecule has 0 saturated carbocycles.